The van der Waals surface area contributed by atoms with E-state index in [0.717, 1.165) is 23.6 Å². The molecule has 2 aromatic carbocycles. The van der Waals surface area contributed by atoms with Gasteiger partial charge in [0.1, 0.15) is 0 Å². The molecule has 0 atom stereocenters. The third kappa shape index (κ3) is 4.31. The van der Waals surface area contributed by atoms with Crippen LogP contribution in [0.15, 0.2) is 71.9 Å². The van der Waals surface area contributed by atoms with E-state index >= 15 is 0 Å². The normalized spacial score (nSPS) is 15.5. The summed E-state index contributed by atoms with van der Waals surface area (Å²) in [5, 5.41) is 1.62. The highest BCUT2D eigenvalue weighted by Gasteiger charge is 2.25. The molecule has 0 unspecified atom stereocenters. The largest absolute Gasteiger partial charge is 0.339 e. The van der Waals surface area contributed by atoms with Crippen LogP contribution in [-0.2, 0) is 10.0 Å². The Kier molecular flexibility index (Phi) is 5.60. The first-order valence-electron chi connectivity index (χ1n) is 9.71. The smallest absolute Gasteiger partial charge is 0.253 e. The Labute approximate surface area is 170 Å². The molecule has 0 spiro atoms. The first-order chi connectivity index (χ1) is 14.0. The van der Waals surface area contributed by atoms with Crippen molar-refractivity contribution in [3.63, 3.8) is 0 Å². The average molecular weight is 410 g/mol. The highest BCUT2D eigenvalue weighted by Crippen LogP contribution is 2.24. The highest BCUT2D eigenvalue weighted by molar-refractivity contribution is 7.89. The van der Waals surface area contributed by atoms with E-state index in [0.29, 0.717) is 30.1 Å². The molecule has 1 amide bonds. The Morgan fingerprint density at radius 3 is 2.45 bits per heavy atom. The van der Waals surface area contributed by atoms with Gasteiger partial charge >= 0.3 is 0 Å². The summed E-state index contributed by atoms with van der Waals surface area (Å²) >= 11 is 0. The summed E-state index contributed by atoms with van der Waals surface area (Å²) < 4.78 is 28.5. The van der Waals surface area contributed by atoms with Crippen LogP contribution in [0.25, 0.3) is 10.8 Å². The number of piperidine rings is 1. The molecule has 2 heterocycles. The summed E-state index contributed by atoms with van der Waals surface area (Å²) in [6, 6.07) is 16.2. The number of hydrogen-bond donors (Lipinski definition) is 1. The van der Waals surface area contributed by atoms with E-state index in [1.807, 2.05) is 35.2 Å². The van der Waals surface area contributed by atoms with Crippen LogP contribution >= 0.6 is 0 Å². The van der Waals surface area contributed by atoms with Gasteiger partial charge in [-0.3, -0.25) is 9.78 Å². The average Bonchev–Trinajstić information content (AvgIpc) is 2.78. The standard InChI is InChI=1S/C22H23N3O3S/c26-22(19-8-12-23-13-9-19)25-14-10-17(11-15-25)16-24-29(27,28)21-7-3-5-18-4-1-2-6-20(18)21/h1-9,12-13,17,24H,10-11,14-16H2. The van der Waals surface area contributed by atoms with Crippen molar-refractivity contribution >= 4 is 26.7 Å². The molecule has 7 heteroatoms. The van der Waals surface area contributed by atoms with Crippen molar-refractivity contribution in [1.82, 2.24) is 14.6 Å². The van der Waals surface area contributed by atoms with Crippen LogP contribution in [-0.4, -0.2) is 43.8 Å². The number of hydrogen-bond acceptors (Lipinski definition) is 4. The first-order valence-corrected chi connectivity index (χ1v) is 11.2. The molecular weight excluding hydrogens is 386 g/mol. The number of carbonyl (C=O) groups is 1. The van der Waals surface area contributed by atoms with Crippen molar-refractivity contribution in [2.24, 2.45) is 5.92 Å². The SMILES string of the molecule is O=C(c1ccncc1)N1CCC(CNS(=O)(=O)c2cccc3ccccc23)CC1. The predicted molar refractivity (Wildman–Crippen MR) is 112 cm³/mol. The lowest BCUT2D eigenvalue weighted by atomic mass is 9.97. The van der Waals surface area contributed by atoms with E-state index in [9.17, 15) is 13.2 Å². The predicted octanol–water partition coefficient (Wildman–Crippen LogP) is 3.07. The first kappa shape index (κ1) is 19.5. The summed E-state index contributed by atoms with van der Waals surface area (Å²) in [5.41, 5.74) is 0.634. The highest BCUT2D eigenvalue weighted by atomic mass is 32.2. The van der Waals surface area contributed by atoms with Gasteiger partial charge in [0.05, 0.1) is 4.90 Å². The lowest BCUT2D eigenvalue weighted by molar-refractivity contribution is 0.0692. The number of nitrogens with one attached hydrogen (secondary N) is 1. The molecule has 1 saturated heterocycles. The molecule has 29 heavy (non-hydrogen) atoms. The number of sulfonamides is 1. The number of pyridine rings is 1. The van der Waals surface area contributed by atoms with Crippen LogP contribution in [0.4, 0.5) is 0 Å². The Hall–Kier alpha value is -2.77. The molecule has 4 rings (SSSR count). The van der Waals surface area contributed by atoms with E-state index in [2.05, 4.69) is 9.71 Å². The van der Waals surface area contributed by atoms with Crippen LogP contribution in [0.2, 0.25) is 0 Å². The van der Waals surface area contributed by atoms with Crippen molar-refractivity contribution in [1.29, 1.82) is 0 Å². The quantitative estimate of drug-likeness (QED) is 0.702. The Morgan fingerprint density at radius 1 is 1.00 bits per heavy atom. The number of benzene rings is 2. The lowest BCUT2D eigenvalue weighted by Crippen LogP contribution is -2.41. The summed E-state index contributed by atoms with van der Waals surface area (Å²) in [6.45, 7) is 1.63. The molecule has 1 N–H and O–H groups in total. The second-order valence-corrected chi connectivity index (χ2v) is 9.04. The van der Waals surface area contributed by atoms with Crippen molar-refractivity contribution < 1.29 is 13.2 Å². The van der Waals surface area contributed by atoms with Gasteiger partial charge in [0.2, 0.25) is 10.0 Å². The van der Waals surface area contributed by atoms with Gasteiger partial charge in [0.25, 0.3) is 5.91 Å². The molecule has 1 aliphatic rings. The summed E-state index contributed by atoms with van der Waals surface area (Å²) in [4.78, 5) is 18.6. The maximum Gasteiger partial charge on any atom is 0.253 e. The van der Waals surface area contributed by atoms with E-state index < -0.39 is 10.0 Å². The number of amides is 1. The third-order valence-electron chi connectivity index (χ3n) is 5.43. The fourth-order valence-electron chi connectivity index (χ4n) is 3.75. The number of aromatic nitrogens is 1. The van der Waals surface area contributed by atoms with Crippen molar-refractivity contribution in [2.45, 2.75) is 17.7 Å². The van der Waals surface area contributed by atoms with Crippen LogP contribution in [0.5, 0.6) is 0 Å². The van der Waals surface area contributed by atoms with Gasteiger partial charge in [-0.05, 0) is 42.3 Å². The number of fused-ring (bicyclic) bond motifs is 1. The summed E-state index contributed by atoms with van der Waals surface area (Å²) in [5.74, 6) is 0.212. The molecule has 150 valence electrons. The Bertz CT molecular complexity index is 1100. The fraction of sp³-hybridized carbons (Fsp3) is 0.273. The number of carbonyl (C=O) groups excluding carboxylic acids is 1. The molecule has 3 aromatic rings. The molecule has 1 fully saturated rings. The minimum absolute atomic E-state index is 0.00202. The molecule has 0 aliphatic carbocycles. The van der Waals surface area contributed by atoms with Crippen molar-refractivity contribution in [2.75, 3.05) is 19.6 Å². The molecule has 0 radical (unpaired) electrons. The Morgan fingerprint density at radius 2 is 1.69 bits per heavy atom. The number of likely N-dealkylation sites (tertiary alicyclic amines) is 1. The third-order valence-corrected chi connectivity index (χ3v) is 6.91. The Balaban J connectivity index is 1.37. The van der Waals surface area contributed by atoms with Crippen LogP contribution in [0.3, 0.4) is 0 Å². The second-order valence-electron chi connectivity index (χ2n) is 7.30. The summed E-state index contributed by atoms with van der Waals surface area (Å²) in [7, 11) is -3.60. The van der Waals surface area contributed by atoms with Crippen molar-refractivity contribution in [3.05, 3.63) is 72.6 Å². The van der Waals surface area contributed by atoms with Crippen molar-refractivity contribution in [3.8, 4) is 0 Å². The van der Waals surface area contributed by atoms with Crippen LogP contribution in [0.1, 0.15) is 23.2 Å². The monoisotopic (exact) mass is 409 g/mol. The summed E-state index contributed by atoms with van der Waals surface area (Å²) in [6.07, 6.45) is 4.77. The fourth-order valence-corrected chi connectivity index (χ4v) is 5.10. The van der Waals surface area contributed by atoms with E-state index in [-0.39, 0.29) is 11.8 Å². The van der Waals surface area contributed by atoms with Gasteiger partial charge in [0.15, 0.2) is 0 Å². The van der Waals surface area contributed by atoms with Gasteiger partial charge in [-0.1, -0.05) is 36.4 Å². The number of nitrogens with zero attached hydrogens (tertiary/aromatic N) is 2. The van der Waals surface area contributed by atoms with Gasteiger partial charge in [-0.25, -0.2) is 13.1 Å². The van der Waals surface area contributed by atoms with Gasteiger partial charge < -0.3 is 4.90 Å². The van der Waals surface area contributed by atoms with E-state index in [4.69, 9.17) is 0 Å². The van der Waals surface area contributed by atoms with E-state index in [1.165, 1.54) is 0 Å². The van der Waals surface area contributed by atoms with Gasteiger partial charge in [0, 0.05) is 43.0 Å². The minimum atomic E-state index is -3.60. The topological polar surface area (TPSA) is 79.4 Å². The van der Waals surface area contributed by atoms with Crippen LogP contribution in [0, 0.1) is 5.92 Å². The number of rotatable bonds is 5. The molecule has 6 nitrogen and oxygen atoms in total. The van der Waals surface area contributed by atoms with Crippen LogP contribution < -0.4 is 4.72 Å². The second kappa shape index (κ2) is 8.31. The molecular formula is C22H23N3O3S. The molecule has 1 aliphatic heterocycles. The zero-order chi connectivity index (χ0) is 20.3. The van der Waals surface area contributed by atoms with Gasteiger partial charge in [-0.15, -0.1) is 0 Å². The van der Waals surface area contributed by atoms with Gasteiger partial charge in [-0.2, -0.15) is 0 Å². The zero-order valence-electron chi connectivity index (χ0n) is 16.0. The maximum atomic E-state index is 12.9. The molecule has 0 saturated carbocycles. The molecule has 0 bridgehead atoms. The zero-order valence-corrected chi connectivity index (χ0v) is 16.8. The lowest BCUT2D eigenvalue weighted by Gasteiger charge is -2.32. The van der Waals surface area contributed by atoms with E-state index in [1.54, 1.807) is 36.7 Å². The molecule has 1 aromatic heterocycles. The minimum Gasteiger partial charge on any atom is -0.339 e. The maximum absolute atomic E-state index is 12.9.